The Morgan fingerprint density at radius 2 is 2.06 bits per heavy atom. The number of aliphatic hydroxyl groups is 1. The minimum Gasteiger partial charge on any atom is -0.493 e. The van der Waals surface area contributed by atoms with Crippen LogP contribution in [0.15, 0.2) is 42.7 Å². The predicted octanol–water partition coefficient (Wildman–Crippen LogP) is 2.11. The van der Waals surface area contributed by atoms with Crippen LogP contribution in [0, 0.1) is 5.92 Å². The van der Waals surface area contributed by atoms with Crippen molar-refractivity contribution in [3.05, 3.63) is 48.2 Å². The Morgan fingerprint density at radius 3 is 2.82 bits per heavy atom. The molecule has 1 aliphatic rings. The monoisotopic (exact) mass is 234 g/mol. The van der Waals surface area contributed by atoms with E-state index in [9.17, 15) is 5.11 Å². The lowest BCUT2D eigenvalue weighted by Crippen LogP contribution is -2.38. The number of aliphatic hydroxyl groups excluding tert-OH is 1. The molecule has 1 heterocycles. The van der Waals surface area contributed by atoms with Gasteiger partial charge in [-0.05, 0) is 11.6 Å². The van der Waals surface area contributed by atoms with Gasteiger partial charge in [0, 0.05) is 5.92 Å². The number of hydrogen-bond donors (Lipinski definition) is 1. The maximum Gasteiger partial charge on any atom is 0.147 e. The highest BCUT2D eigenvalue weighted by Crippen LogP contribution is 2.18. The fourth-order valence-corrected chi connectivity index (χ4v) is 1.81. The second kappa shape index (κ2) is 5.84. The van der Waals surface area contributed by atoms with Gasteiger partial charge in [-0.15, -0.1) is 0 Å². The maximum atomic E-state index is 9.88. The molecule has 0 amide bonds. The molecule has 0 unspecified atom stereocenters. The zero-order valence-corrected chi connectivity index (χ0v) is 9.95. The van der Waals surface area contributed by atoms with E-state index in [4.69, 9.17) is 9.47 Å². The molecule has 0 aliphatic carbocycles. The molecule has 0 radical (unpaired) electrons. The van der Waals surface area contributed by atoms with Crippen molar-refractivity contribution in [2.24, 2.45) is 5.92 Å². The van der Waals surface area contributed by atoms with Crippen LogP contribution in [0.5, 0.6) is 0 Å². The summed E-state index contributed by atoms with van der Waals surface area (Å²) in [6.45, 7) is 2.92. The van der Waals surface area contributed by atoms with Crippen LogP contribution in [0.3, 0.4) is 0 Å². The van der Waals surface area contributed by atoms with Gasteiger partial charge in [0.2, 0.25) is 0 Å². The van der Waals surface area contributed by atoms with Crippen molar-refractivity contribution < 1.29 is 14.6 Å². The second-order valence-electron chi connectivity index (χ2n) is 4.35. The van der Waals surface area contributed by atoms with Crippen LogP contribution < -0.4 is 0 Å². The van der Waals surface area contributed by atoms with E-state index in [2.05, 4.69) is 0 Å². The molecule has 0 saturated carbocycles. The standard InChI is InChI=1S/C14H18O3/c1-11-7-8-17-13(14(11)15)10-16-9-12-5-3-2-4-6-12/h2-8,11,13-15H,9-10H2,1H3/t11-,13+,14+/m0/s1. The molecular weight excluding hydrogens is 216 g/mol. The SMILES string of the molecule is C[C@H]1C=CO[C@H](COCc2ccccc2)[C@@H]1O. The number of rotatable bonds is 4. The minimum atomic E-state index is -0.490. The fourth-order valence-electron chi connectivity index (χ4n) is 1.81. The topological polar surface area (TPSA) is 38.7 Å². The summed E-state index contributed by atoms with van der Waals surface area (Å²) < 4.78 is 10.9. The average Bonchev–Trinajstić information content (AvgIpc) is 2.36. The Labute approximate surface area is 102 Å². The molecular formula is C14H18O3. The molecule has 1 aliphatic heterocycles. The van der Waals surface area contributed by atoms with Crippen LogP contribution in [0.2, 0.25) is 0 Å². The zero-order chi connectivity index (χ0) is 12.1. The van der Waals surface area contributed by atoms with Gasteiger partial charge >= 0.3 is 0 Å². The Hall–Kier alpha value is -1.32. The largest absolute Gasteiger partial charge is 0.493 e. The van der Waals surface area contributed by atoms with Gasteiger partial charge in [-0.3, -0.25) is 0 Å². The number of ether oxygens (including phenoxy) is 2. The van der Waals surface area contributed by atoms with Gasteiger partial charge in [-0.1, -0.05) is 37.3 Å². The van der Waals surface area contributed by atoms with Crippen LogP contribution in [0.1, 0.15) is 12.5 Å². The van der Waals surface area contributed by atoms with Crippen molar-refractivity contribution in [3.63, 3.8) is 0 Å². The minimum absolute atomic E-state index is 0.120. The molecule has 3 heteroatoms. The fraction of sp³-hybridized carbons (Fsp3) is 0.429. The van der Waals surface area contributed by atoms with Gasteiger partial charge in [0.05, 0.1) is 25.6 Å². The van der Waals surface area contributed by atoms with Crippen molar-refractivity contribution >= 4 is 0 Å². The van der Waals surface area contributed by atoms with Gasteiger partial charge in [0.15, 0.2) is 0 Å². The van der Waals surface area contributed by atoms with Crippen LogP contribution in [0.25, 0.3) is 0 Å². The first-order valence-electron chi connectivity index (χ1n) is 5.89. The normalized spacial score (nSPS) is 27.8. The third-order valence-corrected chi connectivity index (χ3v) is 2.95. The Balaban J connectivity index is 1.77. The number of hydrogen-bond acceptors (Lipinski definition) is 3. The van der Waals surface area contributed by atoms with Crippen LogP contribution >= 0.6 is 0 Å². The molecule has 17 heavy (non-hydrogen) atoms. The lowest BCUT2D eigenvalue weighted by atomic mass is 9.98. The third kappa shape index (κ3) is 3.32. The summed E-state index contributed by atoms with van der Waals surface area (Å²) in [5.41, 5.74) is 1.13. The molecule has 0 saturated heterocycles. The molecule has 1 N–H and O–H groups in total. The third-order valence-electron chi connectivity index (χ3n) is 2.95. The molecule has 3 atom stereocenters. The van der Waals surface area contributed by atoms with Crippen LogP contribution in [-0.4, -0.2) is 23.9 Å². The summed E-state index contributed by atoms with van der Waals surface area (Å²) in [5, 5.41) is 9.88. The summed E-state index contributed by atoms with van der Waals surface area (Å²) in [6.07, 6.45) is 2.75. The van der Waals surface area contributed by atoms with E-state index < -0.39 is 6.10 Å². The number of benzene rings is 1. The second-order valence-corrected chi connectivity index (χ2v) is 4.35. The highest BCUT2D eigenvalue weighted by atomic mass is 16.5. The van der Waals surface area contributed by atoms with Crippen LogP contribution in [0.4, 0.5) is 0 Å². The molecule has 0 bridgehead atoms. The lowest BCUT2D eigenvalue weighted by Gasteiger charge is -2.29. The van der Waals surface area contributed by atoms with E-state index in [1.54, 1.807) is 6.26 Å². The average molecular weight is 234 g/mol. The van der Waals surface area contributed by atoms with Gasteiger partial charge in [0.25, 0.3) is 0 Å². The quantitative estimate of drug-likeness (QED) is 0.867. The van der Waals surface area contributed by atoms with Crippen molar-refractivity contribution in [2.45, 2.75) is 25.7 Å². The molecule has 2 rings (SSSR count). The summed E-state index contributed by atoms with van der Waals surface area (Å²) in [7, 11) is 0. The smallest absolute Gasteiger partial charge is 0.147 e. The first-order valence-corrected chi connectivity index (χ1v) is 5.89. The summed E-state index contributed by atoms with van der Waals surface area (Å²) in [6, 6.07) is 9.97. The summed E-state index contributed by atoms with van der Waals surface area (Å²) in [4.78, 5) is 0. The van der Waals surface area contributed by atoms with Gasteiger partial charge in [0.1, 0.15) is 6.10 Å². The maximum absolute atomic E-state index is 9.88. The van der Waals surface area contributed by atoms with E-state index in [0.29, 0.717) is 13.2 Å². The summed E-state index contributed by atoms with van der Waals surface area (Å²) >= 11 is 0. The highest BCUT2D eigenvalue weighted by Gasteiger charge is 2.27. The van der Waals surface area contributed by atoms with E-state index in [-0.39, 0.29) is 12.0 Å². The molecule has 0 spiro atoms. The van der Waals surface area contributed by atoms with Crippen molar-refractivity contribution in [3.8, 4) is 0 Å². The first-order chi connectivity index (χ1) is 8.27. The summed E-state index contributed by atoms with van der Waals surface area (Å²) in [5.74, 6) is 0.120. The Bertz CT molecular complexity index is 361. The van der Waals surface area contributed by atoms with Crippen molar-refractivity contribution in [2.75, 3.05) is 6.61 Å². The van der Waals surface area contributed by atoms with Gasteiger partial charge in [-0.25, -0.2) is 0 Å². The zero-order valence-electron chi connectivity index (χ0n) is 9.95. The molecule has 1 aromatic carbocycles. The van der Waals surface area contributed by atoms with Gasteiger partial charge < -0.3 is 14.6 Å². The first kappa shape index (κ1) is 12.1. The molecule has 0 fully saturated rings. The Kier molecular flexibility index (Phi) is 4.18. The van der Waals surface area contributed by atoms with E-state index >= 15 is 0 Å². The predicted molar refractivity (Wildman–Crippen MR) is 65.3 cm³/mol. The van der Waals surface area contributed by atoms with Crippen LogP contribution in [-0.2, 0) is 16.1 Å². The van der Waals surface area contributed by atoms with Crippen molar-refractivity contribution in [1.82, 2.24) is 0 Å². The van der Waals surface area contributed by atoms with E-state index in [1.807, 2.05) is 43.3 Å². The molecule has 0 aromatic heterocycles. The molecule has 92 valence electrons. The lowest BCUT2D eigenvalue weighted by molar-refractivity contribution is -0.0713. The molecule has 3 nitrogen and oxygen atoms in total. The van der Waals surface area contributed by atoms with Gasteiger partial charge in [-0.2, -0.15) is 0 Å². The van der Waals surface area contributed by atoms with E-state index in [1.165, 1.54) is 0 Å². The van der Waals surface area contributed by atoms with Crippen molar-refractivity contribution in [1.29, 1.82) is 0 Å². The highest BCUT2D eigenvalue weighted by molar-refractivity contribution is 5.13. The van der Waals surface area contributed by atoms with E-state index in [0.717, 1.165) is 5.56 Å². The molecule has 1 aromatic rings. The Morgan fingerprint density at radius 1 is 1.29 bits per heavy atom.